The van der Waals surface area contributed by atoms with Crippen LogP contribution in [0.15, 0.2) is 29.8 Å². The van der Waals surface area contributed by atoms with Gasteiger partial charge in [0.2, 0.25) is 0 Å². The molecule has 0 heterocycles. The van der Waals surface area contributed by atoms with E-state index in [0.717, 1.165) is 29.9 Å². The fourth-order valence-corrected chi connectivity index (χ4v) is 2.93. The van der Waals surface area contributed by atoms with E-state index in [1.165, 1.54) is 5.57 Å². The maximum Gasteiger partial charge on any atom is 0.133 e. The Labute approximate surface area is 120 Å². The maximum absolute atomic E-state index is 11.9. The van der Waals surface area contributed by atoms with Crippen LogP contribution in [0, 0.1) is 5.92 Å². The van der Waals surface area contributed by atoms with Crippen LogP contribution in [-0.4, -0.2) is 20.0 Å². The molecule has 0 bridgehead atoms. The van der Waals surface area contributed by atoms with Crippen molar-refractivity contribution in [2.75, 3.05) is 14.2 Å². The summed E-state index contributed by atoms with van der Waals surface area (Å²) < 4.78 is 10.7. The lowest BCUT2D eigenvalue weighted by Crippen LogP contribution is -2.22. The molecule has 0 fully saturated rings. The summed E-state index contributed by atoms with van der Waals surface area (Å²) in [5.74, 6) is 1.94. The Kier molecular flexibility index (Phi) is 4.48. The van der Waals surface area contributed by atoms with Crippen LogP contribution in [0.5, 0.6) is 11.5 Å². The predicted molar refractivity (Wildman–Crippen MR) is 79.4 cm³/mol. The molecular weight excluding hydrogens is 252 g/mol. The van der Waals surface area contributed by atoms with Gasteiger partial charge in [0.15, 0.2) is 0 Å². The number of carbonyl (C=O) groups excluding carboxylic acids is 1. The molecule has 0 amide bonds. The van der Waals surface area contributed by atoms with Crippen molar-refractivity contribution in [2.45, 2.75) is 32.6 Å². The molecule has 2 atom stereocenters. The van der Waals surface area contributed by atoms with Crippen LogP contribution in [0.2, 0.25) is 0 Å². The van der Waals surface area contributed by atoms with E-state index in [-0.39, 0.29) is 17.6 Å². The summed E-state index contributed by atoms with van der Waals surface area (Å²) in [6, 6.07) is 5.81. The van der Waals surface area contributed by atoms with Gasteiger partial charge in [0, 0.05) is 23.5 Å². The largest absolute Gasteiger partial charge is 0.497 e. The van der Waals surface area contributed by atoms with E-state index in [9.17, 15) is 4.79 Å². The first kappa shape index (κ1) is 14.6. The summed E-state index contributed by atoms with van der Waals surface area (Å²) in [5.41, 5.74) is 2.40. The van der Waals surface area contributed by atoms with E-state index in [0.29, 0.717) is 0 Å². The Morgan fingerprint density at radius 2 is 2.00 bits per heavy atom. The highest BCUT2D eigenvalue weighted by Crippen LogP contribution is 2.41. The molecule has 3 heteroatoms. The number of ketones is 1. The molecule has 108 valence electrons. The van der Waals surface area contributed by atoms with Gasteiger partial charge in [0.25, 0.3) is 0 Å². The molecule has 0 unspecified atom stereocenters. The van der Waals surface area contributed by atoms with E-state index >= 15 is 0 Å². The van der Waals surface area contributed by atoms with Gasteiger partial charge < -0.3 is 9.47 Å². The van der Waals surface area contributed by atoms with Gasteiger partial charge in [-0.05, 0) is 32.8 Å². The Morgan fingerprint density at radius 1 is 1.25 bits per heavy atom. The van der Waals surface area contributed by atoms with Crippen LogP contribution in [-0.2, 0) is 4.79 Å². The van der Waals surface area contributed by atoms with Crippen LogP contribution >= 0.6 is 0 Å². The molecular formula is C17H22O3. The number of methoxy groups -OCH3 is 2. The standard InChI is InChI=1S/C17H22O3/c1-11-5-7-14(12(2)18)16(9-11)15-8-6-13(19-3)10-17(15)20-4/h6,8-10,14,16H,5,7H2,1-4H3/t14-,16-/m1/s1. The zero-order chi connectivity index (χ0) is 14.7. The third kappa shape index (κ3) is 2.87. The first-order valence-corrected chi connectivity index (χ1v) is 6.96. The average Bonchev–Trinajstić information content (AvgIpc) is 2.46. The molecule has 0 saturated heterocycles. The van der Waals surface area contributed by atoms with Gasteiger partial charge in [0.1, 0.15) is 17.3 Å². The van der Waals surface area contributed by atoms with Crippen molar-refractivity contribution >= 4 is 5.78 Å². The molecule has 1 aromatic carbocycles. The average molecular weight is 274 g/mol. The van der Waals surface area contributed by atoms with Gasteiger partial charge in [0.05, 0.1) is 14.2 Å². The van der Waals surface area contributed by atoms with Gasteiger partial charge in [-0.3, -0.25) is 4.79 Å². The van der Waals surface area contributed by atoms with Gasteiger partial charge in [-0.2, -0.15) is 0 Å². The first-order valence-electron chi connectivity index (χ1n) is 6.96. The minimum atomic E-state index is 0.0426. The lowest BCUT2D eigenvalue weighted by molar-refractivity contribution is -0.121. The van der Waals surface area contributed by atoms with E-state index in [1.807, 2.05) is 18.2 Å². The second-order valence-corrected chi connectivity index (χ2v) is 5.40. The molecule has 2 rings (SSSR count). The molecule has 0 radical (unpaired) electrons. The van der Waals surface area contributed by atoms with Gasteiger partial charge in [-0.15, -0.1) is 0 Å². The van der Waals surface area contributed by atoms with Crippen molar-refractivity contribution in [3.8, 4) is 11.5 Å². The molecule has 0 aromatic heterocycles. The Balaban J connectivity index is 2.46. The zero-order valence-corrected chi connectivity index (χ0v) is 12.6. The maximum atomic E-state index is 11.9. The summed E-state index contributed by atoms with van der Waals surface area (Å²) in [7, 11) is 3.29. The van der Waals surface area contributed by atoms with Crippen molar-refractivity contribution in [2.24, 2.45) is 5.92 Å². The lowest BCUT2D eigenvalue weighted by Gasteiger charge is -2.29. The number of hydrogen-bond acceptors (Lipinski definition) is 3. The monoisotopic (exact) mass is 274 g/mol. The Hall–Kier alpha value is -1.77. The van der Waals surface area contributed by atoms with E-state index in [2.05, 4.69) is 13.0 Å². The first-order chi connectivity index (χ1) is 9.56. The van der Waals surface area contributed by atoms with E-state index in [1.54, 1.807) is 21.1 Å². The second-order valence-electron chi connectivity index (χ2n) is 5.40. The number of Topliss-reactive ketones (excluding diaryl/α,β-unsaturated/α-hetero) is 1. The predicted octanol–water partition coefficient (Wildman–Crippen LogP) is 3.73. The number of benzene rings is 1. The number of hydrogen-bond donors (Lipinski definition) is 0. The highest BCUT2D eigenvalue weighted by atomic mass is 16.5. The Bertz CT molecular complexity index is 531. The third-order valence-electron chi connectivity index (χ3n) is 4.07. The number of carbonyl (C=O) groups is 1. The van der Waals surface area contributed by atoms with Crippen molar-refractivity contribution < 1.29 is 14.3 Å². The second kappa shape index (κ2) is 6.12. The highest BCUT2D eigenvalue weighted by molar-refractivity contribution is 5.80. The van der Waals surface area contributed by atoms with Crippen LogP contribution in [0.4, 0.5) is 0 Å². The molecule has 1 aliphatic rings. The third-order valence-corrected chi connectivity index (χ3v) is 4.07. The molecule has 1 aromatic rings. The van der Waals surface area contributed by atoms with Crippen LogP contribution < -0.4 is 9.47 Å². The lowest BCUT2D eigenvalue weighted by atomic mass is 9.75. The van der Waals surface area contributed by atoms with Gasteiger partial charge in [-0.25, -0.2) is 0 Å². The number of ether oxygens (including phenoxy) is 2. The van der Waals surface area contributed by atoms with Crippen LogP contribution in [0.3, 0.4) is 0 Å². The van der Waals surface area contributed by atoms with Gasteiger partial charge in [-0.1, -0.05) is 17.7 Å². The number of allylic oxidation sites excluding steroid dienone is 2. The molecule has 3 nitrogen and oxygen atoms in total. The van der Waals surface area contributed by atoms with E-state index in [4.69, 9.17) is 9.47 Å². The Morgan fingerprint density at radius 3 is 2.60 bits per heavy atom. The summed E-state index contributed by atoms with van der Waals surface area (Å²) in [6.07, 6.45) is 4.12. The molecule has 0 saturated carbocycles. The van der Waals surface area contributed by atoms with Crippen molar-refractivity contribution in [3.05, 3.63) is 35.4 Å². The quantitative estimate of drug-likeness (QED) is 0.785. The summed E-state index contributed by atoms with van der Waals surface area (Å²) in [4.78, 5) is 11.9. The number of rotatable bonds is 4. The fraction of sp³-hybridized carbons (Fsp3) is 0.471. The minimum Gasteiger partial charge on any atom is -0.497 e. The normalized spacial score (nSPS) is 22.1. The zero-order valence-electron chi connectivity index (χ0n) is 12.6. The van der Waals surface area contributed by atoms with Crippen LogP contribution in [0.25, 0.3) is 0 Å². The van der Waals surface area contributed by atoms with E-state index < -0.39 is 0 Å². The van der Waals surface area contributed by atoms with Crippen LogP contribution in [0.1, 0.15) is 38.2 Å². The molecule has 0 N–H and O–H groups in total. The summed E-state index contributed by atoms with van der Waals surface area (Å²) in [5, 5.41) is 0. The molecule has 1 aliphatic carbocycles. The van der Waals surface area contributed by atoms with Crippen molar-refractivity contribution in [1.29, 1.82) is 0 Å². The van der Waals surface area contributed by atoms with Crippen molar-refractivity contribution in [3.63, 3.8) is 0 Å². The molecule has 0 aliphatic heterocycles. The molecule has 0 spiro atoms. The topological polar surface area (TPSA) is 35.5 Å². The minimum absolute atomic E-state index is 0.0426. The van der Waals surface area contributed by atoms with Gasteiger partial charge >= 0.3 is 0 Å². The fourth-order valence-electron chi connectivity index (χ4n) is 2.93. The summed E-state index contributed by atoms with van der Waals surface area (Å²) >= 11 is 0. The smallest absolute Gasteiger partial charge is 0.133 e. The molecule has 20 heavy (non-hydrogen) atoms. The van der Waals surface area contributed by atoms with Crippen molar-refractivity contribution in [1.82, 2.24) is 0 Å². The highest BCUT2D eigenvalue weighted by Gasteiger charge is 2.30. The summed E-state index contributed by atoms with van der Waals surface area (Å²) in [6.45, 7) is 3.81. The SMILES string of the molecule is COc1ccc([C@@H]2C=C(C)CC[C@@H]2C(C)=O)c(OC)c1.